The van der Waals surface area contributed by atoms with Gasteiger partial charge in [0.15, 0.2) is 0 Å². The molecule has 4 nitrogen and oxygen atoms in total. The Kier molecular flexibility index (Phi) is 5.70. The third kappa shape index (κ3) is 4.16. The molecule has 1 rings (SSSR count). The zero-order valence-electron chi connectivity index (χ0n) is 9.87. The van der Waals surface area contributed by atoms with Crippen LogP contribution in [0.5, 0.6) is 5.75 Å². The Labute approximate surface area is 115 Å². The van der Waals surface area contributed by atoms with Gasteiger partial charge in [-0.25, -0.2) is 0 Å². The third-order valence-electron chi connectivity index (χ3n) is 2.40. The lowest BCUT2D eigenvalue weighted by Crippen LogP contribution is -2.37. The first-order valence-electron chi connectivity index (χ1n) is 5.36. The first kappa shape index (κ1) is 14.2. The lowest BCUT2D eigenvalue weighted by Gasteiger charge is -2.16. The molecule has 94 valence electrons. The summed E-state index contributed by atoms with van der Waals surface area (Å²) in [5, 5.41) is 12.4. The number of amides is 1. The Bertz CT molecular complexity index is 395. The number of carbonyl (C=O) groups is 1. The Morgan fingerprint density at radius 2 is 2.29 bits per heavy atom. The summed E-state index contributed by atoms with van der Waals surface area (Å²) in [6.45, 7) is 2.47. The Hall–Kier alpha value is -0.820. The molecule has 1 atom stereocenters. The molecule has 0 saturated heterocycles. The molecule has 5 heteroatoms. The zero-order chi connectivity index (χ0) is 12.8. The fourth-order valence-electron chi connectivity index (χ4n) is 1.39. The Morgan fingerprint density at radius 3 is 2.82 bits per heavy atom. The molecule has 0 aliphatic carbocycles. The highest BCUT2D eigenvalue weighted by Crippen LogP contribution is 2.20. The average molecular weight is 349 g/mol. The van der Waals surface area contributed by atoms with Gasteiger partial charge in [-0.15, -0.1) is 0 Å². The van der Waals surface area contributed by atoms with E-state index in [0.717, 1.165) is 9.99 Å². The van der Waals surface area contributed by atoms with Crippen molar-refractivity contribution in [3.05, 3.63) is 27.3 Å². The van der Waals surface area contributed by atoms with Crippen molar-refractivity contribution < 1.29 is 14.6 Å². The van der Waals surface area contributed by atoms with Crippen LogP contribution in [0.15, 0.2) is 18.2 Å². The number of phenolic OH excluding ortho intramolecular Hbond substituents is 1. The van der Waals surface area contributed by atoms with Crippen LogP contribution in [0, 0.1) is 3.57 Å². The summed E-state index contributed by atoms with van der Waals surface area (Å²) in [4.78, 5) is 11.9. The normalized spacial score (nSPS) is 12.2. The first-order chi connectivity index (χ1) is 8.08. The maximum atomic E-state index is 11.9. The van der Waals surface area contributed by atoms with E-state index in [2.05, 4.69) is 5.32 Å². The maximum Gasteiger partial charge on any atom is 0.251 e. The summed E-state index contributed by atoms with van der Waals surface area (Å²) in [5.41, 5.74) is 0.456. The summed E-state index contributed by atoms with van der Waals surface area (Å²) < 4.78 is 5.73. The van der Waals surface area contributed by atoms with Crippen LogP contribution in [0.2, 0.25) is 0 Å². The molecule has 0 aliphatic rings. The number of hydrogen-bond acceptors (Lipinski definition) is 3. The number of phenols is 1. The smallest absolute Gasteiger partial charge is 0.251 e. The number of benzene rings is 1. The minimum atomic E-state index is -0.194. The molecule has 0 spiro atoms. The molecule has 1 unspecified atom stereocenters. The van der Waals surface area contributed by atoms with Gasteiger partial charge in [-0.2, -0.15) is 0 Å². The van der Waals surface area contributed by atoms with Crippen LogP contribution in [0.3, 0.4) is 0 Å². The monoisotopic (exact) mass is 349 g/mol. The summed E-state index contributed by atoms with van der Waals surface area (Å²) in [5.74, 6) is -0.0707. The van der Waals surface area contributed by atoms with Gasteiger partial charge >= 0.3 is 0 Å². The molecule has 1 amide bonds. The second-order valence-corrected chi connectivity index (χ2v) is 4.86. The standard InChI is InChI=1S/C12H16INO3/c1-3-9(7-17-2)14-12(16)8-4-5-10(13)11(15)6-8/h4-6,9,15H,3,7H2,1-2H3,(H,14,16). The van der Waals surface area contributed by atoms with Gasteiger partial charge in [-0.05, 0) is 47.2 Å². The van der Waals surface area contributed by atoms with Crippen LogP contribution in [-0.4, -0.2) is 30.8 Å². The number of ether oxygens (including phenoxy) is 1. The van der Waals surface area contributed by atoms with E-state index in [4.69, 9.17) is 4.74 Å². The van der Waals surface area contributed by atoms with Crippen LogP contribution in [0.25, 0.3) is 0 Å². The van der Waals surface area contributed by atoms with Crippen molar-refractivity contribution in [1.82, 2.24) is 5.32 Å². The molecular formula is C12H16INO3. The van der Waals surface area contributed by atoms with Crippen LogP contribution < -0.4 is 5.32 Å². The van der Waals surface area contributed by atoms with Crippen LogP contribution in [0.1, 0.15) is 23.7 Å². The van der Waals surface area contributed by atoms with E-state index in [0.29, 0.717) is 12.2 Å². The summed E-state index contributed by atoms with van der Waals surface area (Å²) >= 11 is 2.01. The van der Waals surface area contributed by atoms with Crippen molar-refractivity contribution in [3.8, 4) is 5.75 Å². The predicted octanol–water partition coefficient (Wildman–Crippen LogP) is 2.15. The number of hydrogen-bond donors (Lipinski definition) is 2. The van der Waals surface area contributed by atoms with Gasteiger partial charge < -0.3 is 15.2 Å². The highest BCUT2D eigenvalue weighted by atomic mass is 127. The molecule has 0 saturated carbocycles. The van der Waals surface area contributed by atoms with Gasteiger partial charge in [-0.3, -0.25) is 4.79 Å². The molecule has 0 fully saturated rings. The van der Waals surface area contributed by atoms with Crippen LogP contribution in [-0.2, 0) is 4.74 Å². The fraction of sp³-hybridized carbons (Fsp3) is 0.417. The molecule has 2 N–H and O–H groups in total. The SMILES string of the molecule is CCC(COC)NC(=O)c1ccc(I)c(O)c1. The quantitative estimate of drug-likeness (QED) is 0.801. The summed E-state index contributed by atoms with van der Waals surface area (Å²) in [6, 6.07) is 4.86. The van der Waals surface area contributed by atoms with Crippen molar-refractivity contribution in [2.45, 2.75) is 19.4 Å². The van der Waals surface area contributed by atoms with Gasteiger partial charge in [0.1, 0.15) is 5.75 Å². The zero-order valence-corrected chi connectivity index (χ0v) is 12.0. The van der Waals surface area contributed by atoms with Crippen LogP contribution in [0.4, 0.5) is 0 Å². The van der Waals surface area contributed by atoms with E-state index < -0.39 is 0 Å². The highest BCUT2D eigenvalue weighted by molar-refractivity contribution is 14.1. The van der Waals surface area contributed by atoms with Gasteiger partial charge in [0.2, 0.25) is 0 Å². The van der Waals surface area contributed by atoms with Gasteiger partial charge in [-0.1, -0.05) is 6.92 Å². The van der Waals surface area contributed by atoms with Gasteiger partial charge in [0, 0.05) is 12.7 Å². The molecular weight excluding hydrogens is 333 g/mol. The molecule has 1 aromatic rings. The van der Waals surface area contributed by atoms with E-state index in [-0.39, 0.29) is 17.7 Å². The number of aromatic hydroxyl groups is 1. The van der Waals surface area contributed by atoms with E-state index in [1.807, 2.05) is 29.5 Å². The number of carbonyl (C=O) groups excluding carboxylic acids is 1. The highest BCUT2D eigenvalue weighted by Gasteiger charge is 2.13. The van der Waals surface area contributed by atoms with E-state index in [9.17, 15) is 9.90 Å². The minimum Gasteiger partial charge on any atom is -0.507 e. The second kappa shape index (κ2) is 6.80. The van der Waals surface area contributed by atoms with Gasteiger partial charge in [0.25, 0.3) is 5.91 Å². The average Bonchev–Trinajstić information content (AvgIpc) is 2.31. The largest absolute Gasteiger partial charge is 0.507 e. The topological polar surface area (TPSA) is 58.6 Å². The van der Waals surface area contributed by atoms with Crippen molar-refractivity contribution in [2.24, 2.45) is 0 Å². The lowest BCUT2D eigenvalue weighted by molar-refractivity contribution is 0.0894. The van der Waals surface area contributed by atoms with E-state index in [1.165, 1.54) is 6.07 Å². The fourth-order valence-corrected chi connectivity index (χ4v) is 1.72. The molecule has 0 radical (unpaired) electrons. The van der Waals surface area contributed by atoms with Crippen molar-refractivity contribution in [1.29, 1.82) is 0 Å². The number of halogens is 1. The second-order valence-electron chi connectivity index (χ2n) is 3.70. The lowest BCUT2D eigenvalue weighted by atomic mass is 10.1. The van der Waals surface area contributed by atoms with E-state index >= 15 is 0 Å². The summed E-state index contributed by atoms with van der Waals surface area (Å²) in [7, 11) is 1.60. The minimum absolute atomic E-state index is 0.00563. The number of rotatable bonds is 5. The van der Waals surface area contributed by atoms with E-state index in [1.54, 1.807) is 19.2 Å². The van der Waals surface area contributed by atoms with Crippen LogP contribution >= 0.6 is 22.6 Å². The first-order valence-corrected chi connectivity index (χ1v) is 6.44. The third-order valence-corrected chi connectivity index (χ3v) is 3.32. The molecule has 0 aliphatic heterocycles. The summed E-state index contributed by atoms with van der Waals surface area (Å²) in [6.07, 6.45) is 0.802. The molecule has 0 bridgehead atoms. The molecule has 17 heavy (non-hydrogen) atoms. The Balaban J connectivity index is 2.72. The maximum absolute atomic E-state index is 11.9. The molecule has 0 heterocycles. The van der Waals surface area contributed by atoms with Gasteiger partial charge in [0.05, 0.1) is 16.2 Å². The molecule has 0 aromatic heterocycles. The number of nitrogens with one attached hydrogen (secondary N) is 1. The van der Waals surface area contributed by atoms with Crippen molar-refractivity contribution in [2.75, 3.05) is 13.7 Å². The molecule has 1 aromatic carbocycles. The van der Waals surface area contributed by atoms with Crippen molar-refractivity contribution in [3.63, 3.8) is 0 Å². The number of methoxy groups -OCH3 is 1. The Morgan fingerprint density at radius 1 is 1.59 bits per heavy atom. The van der Waals surface area contributed by atoms with Crippen molar-refractivity contribution >= 4 is 28.5 Å². The predicted molar refractivity (Wildman–Crippen MR) is 74.2 cm³/mol.